The normalized spacial score (nSPS) is 18.0. The number of aryl methyl sites for hydroxylation is 1. The quantitative estimate of drug-likeness (QED) is 0.807. The average molecular weight is 338 g/mol. The molecule has 1 atom stereocenters. The summed E-state index contributed by atoms with van der Waals surface area (Å²) in [5.74, 6) is -0.748. The Hall–Kier alpha value is -2.33. The Morgan fingerprint density at radius 2 is 1.92 bits per heavy atom. The van der Waals surface area contributed by atoms with Gasteiger partial charge in [0.25, 0.3) is 0 Å². The van der Waals surface area contributed by atoms with Crippen molar-refractivity contribution in [2.45, 2.75) is 38.3 Å². The maximum absolute atomic E-state index is 10.7. The number of carbonyl (C=O) groups is 1. The second-order valence-electron chi connectivity index (χ2n) is 6.80. The second kappa shape index (κ2) is 8.67. The Labute approximate surface area is 149 Å². The van der Waals surface area contributed by atoms with E-state index in [1.807, 2.05) is 12.1 Å². The number of aliphatic carboxylic acids is 1. The van der Waals surface area contributed by atoms with Crippen molar-refractivity contribution in [2.75, 3.05) is 18.4 Å². The Morgan fingerprint density at radius 1 is 1.12 bits per heavy atom. The molecule has 0 saturated carbocycles. The SMILES string of the molecule is O=C(O)CCc1cccc(NC2CCCN(Cc3ccccc3)C2)c1. The fourth-order valence-corrected chi connectivity index (χ4v) is 3.46. The minimum atomic E-state index is -0.748. The molecular weight excluding hydrogens is 312 g/mol. The first kappa shape index (κ1) is 17.5. The number of piperidine rings is 1. The number of likely N-dealkylation sites (tertiary alicyclic amines) is 1. The van der Waals surface area contributed by atoms with Crippen molar-refractivity contribution < 1.29 is 9.90 Å². The van der Waals surface area contributed by atoms with E-state index < -0.39 is 5.97 Å². The van der Waals surface area contributed by atoms with Gasteiger partial charge < -0.3 is 10.4 Å². The largest absolute Gasteiger partial charge is 0.481 e. The third-order valence-corrected chi connectivity index (χ3v) is 4.68. The van der Waals surface area contributed by atoms with Gasteiger partial charge in [-0.1, -0.05) is 42.5 Å². The third kappa shape index (κ3) is 5.61. The zero-order valence-corrected chi connectivity index (χ0v) is 14.5. The van der Waals surface area contributed by atoms with Gasteiger partial charge in [0, 0.05) is 31.2 Å². The Bertz CT molecular complexity index is 687. The topological polar surface area (TPSA) is 52.6 Å². The van der Waals surface area contributed by atoms with E-state index in [9.17, 15) is 4.79 Å². The second-order valence-corrected chi connectivity index (χ2v) is 6.80. The van der Waals surface area contributed by atoms with Crippen molar-refractivity contribution in [3.05, 3.63) is 65.7 Å². The highest BCUT2D eigenvalue weighted by molar-refractivity contribution is 5.67. The molecule has 1 heterocycles. The van der Waals surface area contributed by atoms with Crippen molar-refractivity contribution in [1.82, 2.24) is 4.90 Å². The van der Waals surface area contributed by atoms with Gasteiger partial charge in [0.2, 0.25) is 0 Å². The molecule has 2 aromatic carbocycles. The molecule has 1 aliphatic heterocycles. The zero-order valence-electron chi connectivity index (χ0n) is 14.5. The lowest BCUT2D eigenvalue weighted by atomic mass is 10.0. The van der Waals surface area contributed by atoms with Crippen LogP contribution in [0.3, 0.4) is 0 Å². The summed E-state index contributed by atoms with van der Waals surface area (Å²) in [4.78, 5) is 13.2. The van der Waals surface area contributed by atoms with Crippen LogP contribution in [0.1, 0.15) is 30.4 Å². The van der Waals surface area contributed by atoms with Crippen LogP contribution in [0, 0.1) is 0 Å². The number of rotatable bonds is 7. The monoisotopic (exact) mass is 338 g/mol. The van der Waals surface area contributed by atoms with E-state index in [1.54, 1.807) is 0 Å². The summed E-state index contributed by atoms with van der Waals surface area (Å²) < 4.78 is 0. The van der Waals surface area contributed by atoms with Crippen LogP contribution in [0.2, 0.25) is 0 Å². The van der Waals surface area contributed by atoms with E-state index in [4.69, 9.17) is 5.11 Å². The predicted molar refractivity (Wildman–Crippen MR) is 101 cm³/mol. The molecule has 1 saturated heterocycles. The maximum atomic E-state index is 10.7. The van der Waals surface area contributed by atoms with E-state index >= 15 is 0 Å². The summed E-state index contributed by atoms with van der Waals surface area (Å²) in [6.07, 6.45) is 3.13. The van der Waals surface area contributed by atoms with Gasteiger partial charge in [-0.15, -0.1) is 0 Å². The number of hydrogen-bond donors (Lipinski definition) is 2. The highest BCUT2D eigenvalue weighted by Crippen LogP contribution is 2.19. The molecule has 0 amide bonds. The van der Waals surface area contributed by atoms with E-state index in [-0.39, 0.29) is 6.42 Å². The highest BCUT2D eigenvalue weighted by Gasteiger charge is 2.19. The van der Waals surface area contributed by atoms with Gasteiger partial charge in [-0.2, -0.15) is 0 Å². The van der Waals surface area contributed by atoms with Gasteiger partial charge in [-0.25, -0.2) is 0 Å². The van der Waals surface area contributed by atoms with Crippen molar-refractivity contribution in [2.24, 2.45) is 0 Å². The first-order chi connectivity index (χ1) is 12.2. The van der Waals surface area contributed by atoms with Crippen LogP contribution in [0.25, 0.3) is 0 Å². The molecule has 0 radical (unpaired) electrons. The minimum Gasteiger partial charge on any atom is -0.481 e. The maximum Gasteiger partial charge on any atom is 0.303 e. The number of anilines is 1. The molecule has 2 N–H and O–H groups in total. The zero-order chi connectivity index (χ0) is 17.5. The van der Waals surface area contributed by atoms with Gasteiger partial charge in [0.15, 0.2) is 0 Å². The van der Waals surface area contributed by atoms with Crippen LogP contribution in [-0.4, -0.2) is 35.1 Å². The third-order valence-electron chi connectivity index (χ3n) is 4.68. The lowest BCUT2D eigenvalue weighted by molar-refractivity contribution is -0.136. The van der Waals surface area contributed by atoms with Crippen LogP contribution in [0.15, 0.2) is 54.6 Å². The summed E-state index contributed by atoms with van der Waals surface area (Å²) in [5, 5.41) is 12.5. The lowest BCUT2D eigenvalue weighted by Crippen LogP contribution is -2.41. The van der Waals surface area contributed by atoms with Crippen LogP contribution in [-0.2, 0) is 17.8 Å². The molecule has 3 rings (SSSR count). The van der Waals surface area contributed by atoms with Crippen LogP contribution < -0.4 is 5.32 Å². The molecular formula is C21H26N2O2. The molecule has 1 aliphatic rings. The van der Waals surface area contributed by atoms with Gasteiger partial charge >= 0.3 is 5.97 Å². The molecule has 1 fully saturated rings. The van der Waals surface area contributed by atoms with Gasteiger partial charge in [0.05, 0.1) is 0 Å². The Kier molecular flexibility index (Phi) is 6.07. The fourth-order valence-electron chi connectivity index (χ4n) is 3.46. The van der Waals surface area contributed by atoms with Gasteiger partial charge in [-0.05, 0) is 49.1 Å². The first-order valence-corrected chi connectivity index (χ1v) is 9.02. The molecule has 4 nitrogen and oxygen atoms in total. The average Bonchev–Trinajstić information content (AvgIpc) is 2.61. The Balaban J connectivity index is 1.55. The summed E-state index contributed by atoms with van der Waals surface area (Å²) in [6, 6.07) is 19.2. The first-order valence-electron chi connectivity index (χ1n) is 9.02. The number of benzene rings is 2. The molecule has 0 aromatic heterocycles. The van der Waals surface area contributed by atoms with Crippen LogP contribution in [0.4, 0.5) is 5.69 Å². The summed E-state index contributed by atoms with van der Waals surface area (Å²) in [5.41, 5.74) is 3.53. The molecule has 1 unspecified atom stereocenters. The van der Waals surface area contributed by atoms with Gasteiger partial charge in [-0.3, -0.25) is 9.69 Å². The van der Waals surface area contributed by atoms with Gasteiger partial charge in [0.1, 0.15) is 0 Å². The summed E-state index contributed by atoms with van der Waals surface area (Å²) in [6.45, 7) is 3.18. The molecule has 25 heavy (non-hydrogen) atoms. The predicted octanol–water partition coefficient (Wildman–Crippen LogP) is 3.78. The number of hydrogen-bond acceptors (Lipinski definition) is 3. The number of carboxylic acids is 1. The fraction of sp³-hybridized carbons (Fsp3) is 0.381. The highest BCUT2D eigenvalue weighted by atomic mass is 16.4. The molecule has 132 valence electrons. The van der Waals surface area contributed by atoms with E-state index in [0.717, 1.165) is 30.9 Å². The lowest BCUT2D eigenvalue weighted by Gasteiger charge is -2.33. The van der Waals surface area contributed by atoms with E-state index in [0.29, 0.717) is 12.5 Å². The summed E-state index contributed by atoms with van der Waals surface area (Å²) in [7, 11) is 0. The van der Waals surface area contributed by atoms with E-state index in [1.165, 1.54) is 18.4 Å². The molecule has 4 heteroatoms. The van der Waals surface area contributed by atoms with Crippen molar-refractivity contribution >= 4 is 11.7 Å². The van der Waals surface area contributed by atoms with Crippen molar-refractivity contribution in [1.29, 1.82) is 0 Å². The molecule has 0 bridgehead atoms. The smallest absolute Gasteiger partial charge is 0.303 e. The Morgan fingerprint density at radius 3 is 2.72 bits per heavy atom. The van der Waals surface area contributed by atoms with Crippen molar-refractivity contribution in [3.63, 3.8) is 0 Å². The number of nitrogens with zero attached hydrogens (tertiary/aromatic N) is 1. The van der Waals surface area contributed by atoms with Crippen LogP contribution >= 0.6 is 0 Å². The molecule has 0 aliphatic carbocycles. The minimum absolute atomic E-state index is 0.178. The number of carboxylic acid groups (broad SMARTS) is 1. The molecule has 0 spiro atoms. The molecule has 2 aromatic rings. The van der Waals surface area contributed by atoms with Crippen LogP contribution in [0.5, 0.6) is 0 Å². The standard InChI is InChI=1S/C21H26N2O2/c24-21(25)12-11-17-8-4-9-19(14-17)22-20-10-5-13-23(16-20)15-18-6-2-1-3-7-18/h1-4,6-9,14,20,22H,5,10-13,15-16H2,(H,24,25). The van der Waals surface area contributed by atoms with Crippen molar-refractivity contribution in [3.8, 4) is 0 Å². The van der Waals surface area contributed by atoms with E-state index in [2.05, 4.69) is 52.7 Å². The summed E-state index contributed by atoms with van der Waals surface area (Å²) >= 11 is 0. The number of nitrogens with one attached hydrogen (secondary N) is 1.